The smallest absolute Gasteiger partial charge is 0.357 e. The first-order valence-corrected chi connectivity index (χ1v) is 6.22. The number of halogens is 1. The highest BCUT2D eigenvalue weighted by atomic mass is 19.1. The number of aromatic amines is 1. The Morgan fingerprint density at radius 3 is 2.81 bits per heavy atom. The Balaban J connectivity index is 2.10. The van der Waals surface area contributed by atoms with Gasteiger partial charge in [-0.3, -0.25) is 14.0 Å². The van der Waals surface area contributed by atoms with Crippen LogP contribution >= 0.6 is 0 Å². The van der Waals surface area contributed by atoms with Crippen LogP contribution in [0.3, 0.4) is 0 Å². The quantitative estimate of drug-likeness (QED) is 0.812. The topological polar surface area (TPSA) is 108 Å². The molecule has 2 aromatic heterocycles. The zero-order valence-corrected chi connectivity index (χ0v) is 10.7. The Kier molecular flexibility index (Phi) is 2.96. The first-order chi connectivity index (χ1) is 10.0. The molecule has 2 aromatic rings. The predicted molar refractivity (Wildman–Crippen MR) is 68.1 cm³/mol. The van der Waals surface area contributed by atoms with E-state index in [2.05, 4.69) is 10.1 Å². The van der Waals surface area contributed by atoms with Crippen LogP contribution in [-0.2, 0) is 0 Å². The fourth-order valence-corrected chi connectivity index (χ4v) is 2.32. The number of hydrogen-bond donors (Lipinski definition) is 2. The second-order valence-electron chi connectivity index (χ2n) is 4.84. The van der Waals surface area contributed by atoms with Crippen molar-refractivity contribution in [1.29, 1.82) is 0 Å². The van der Waals surface area contributed by atoms with Crippen LogP contribution in [0.4, 0.5) is 4.39 Å². The molecule has 0 aliphatic carbocycles. The minimum absolute atomic E-state index is 0.0219. The van der Waals surface area contributed by atoms with Gasteiger partial charge in [-0.2, -0.15) is 9.61 Å². The Bertz CT molecular complexity index is 790. The minimum atomic E-state index is -1.41. The van der Waals surface area contributed by atoms with E-state index < -0.39 is 29.8 Å². The van der Waals surface area contributed by atoms with E-state index in [1.165, 1.54) is 17.2 Å². The maximum absolute atomic E-state index is 12.4. The molecule has 1 aliphatic heterocycles. The Morgan fingerprint density at radius 1 is 1.48 bits per heavy atom. The minimum Gasteiger partial charge on any atom is -0.476 e. The van der Waals surface area contributed by atoms with Gasteiger partial charge in [0.1, 0.15) is 5.56 Å². The third kappa shape index (κ3) is 1.97. The maximum atomic E-state index is 12.4. The second kappa shape index (κ2) is 4.69. The zero-order chi connectivity index (χ0) is 15.1. The molecule has 0 radical (unpaired) electrons. The van der Waals surface area contributed by atoms with Crippen molar-refractivity contribution in [3.63, 3.8) is 0 Å². The summed E-state index contributed by atoms with van der Waals surface area (Å²) in [6, 6.07) is 1.17. The maximum Gasteiger partial charge on any atom is 0.357 e. The van der Waals surface area contributed by atoms with Gasteiger partial charge >= 0.3 is 5.97 Å². The summed E-state index contributed by atoms with van der Waals surface area (Å²) < 4.78 is 13.3. The molecule has 3 rings (SSSR count). The average molecular weight is 294 g/mol. The number of nitrogens with zero attached hydrogens (tertiary/aromatic N) is 3. The van der Waals surface area contributed by atoms with Crippen molar-refractivity contribution in [3.8, 4) is 0 Å². The van der Waals surface area contributed by atoms with E-state index in [9.17, 15) is 18.8 Å². The number of alkyl halides is 1. The van der Waals surface area contributed by atoms with Gasteiger partial charge < -0.3 is 15.0 Å². The molecule has 1 aliphatic rings. The van der Waals surface area contributed by atoms with Crippen molar-refractivity contribution < 1.29 is 19.1 Å². The van der Waals surface area contributed by atoms with Crippen molar-refractivity contribution in [3.05, 3.63) is 33.9 Å². The molecule has 0 saturated carbocycles. The van der Waals surface area contributed by atoms with Gasteiger partial charge in [-0.1, -0.05) is 0 Å². The number of carbonyl (C=O) groups excluding carboxylic acids is 1. The zero-order valence-electron chi connectivity index (χ0n) is 10.7. The summed E-state index contributed by atoms with van der Waals surface area (Å²) in [6.45, 7) is -0.0766. The molecule has 8 nitrogen and oxygen atoms in total. The Hall–Kier alpha value is -2.71. The molecule has 0 aromatic carbocycles. The van der Waals surface area contributed by atoms with Crippen LogP contribution in [0, 0.1) is 5.92 Å². The number of rotatable bonds is 3. The van der Waals surface area contributed by atoms with Gasteiger partial charge in [-0.25, -0.2) is 4.79 Å². The second-order valence-corrected chi connectivity index (χ2v) is 4.84. The van der Waals surface area contributed by atoms with Crippen molar-refractivity contribution in [1.82, 2.24) is 19.5 Å². The molecule has 0 bridgehead atoms. The van der Waals surface area contributed by atoms with E-state index in [0.717, 1.165) is 4.52 Å². The summed E-state index contributed by atoms with van der Waals surface area (Å²) >= 11 is 0. The first-order valence-electron chi connectivity index (χ1n) is 6.22. The number of carbonyl (C=O) groups is 2. The Labute approximate surface area is 116 Å². The SMILES string of the molecule is O=C(O)c1nn2c(=O)cc[nH]c2c1C(=O)N1CC(CF)C1. The Morgan fingerprint density at radius 2 is 2.19 bits per heavy atom. The average Bonchev–Trinajstić information content (AvgIpc) is 2.78. The fourth-order valence-electron chi connectivity index (χ4n) is 2.32. The van der Waals surface area contributed by atoms with Crippen molar-refractivity contribution in [2.75, 3.05) is 19.8 Å². The number of nitrogens with one attached hydrogen (secondary N) is 1. The molecule has 9 heteroatoms. The molecule has 0 unspecified atom stereocenters. The van der Waals surface area contributed by atoms with Crippen LogP contribution < -0.4 is 5.56 Å². The van der Waals surface area contributed by atoms with Crippen LogP contribution in [-0.4, -0.2) is 56.2 Å². The van der Waals surface area contributed by atoms with E-state index in [1.54, 1.807) is 0 Å². The highest BCUT2D eigenvalue weighted by molar-refractivity contribution is 6.08. The molecule has 2 N–H and O–H groups in total. The van der Waals surface area contributed by atoms with Crippen LogP contribution in [0.25, 0.3) is 5.65 Å². The molecule has 1 fully saturated rings. The lowest BCUT2D eigenvalue weighted by Crippen LogP contribution is -2.51. The molecular formula is C12H11FN4O4. The van der Waals surface area contributed by atoms with Crippen LogP contribution in [0.5, 0.6) is 0 Å². The molecule has 0 atom stereocenters. The number of aromatic nitrogens is 3. The van der Waals surface area contributed by atoms with E-state index in [4.69, 9.17) is 5.11 Å². The first kappa shape index (κ1) is 13.3. The van der Waals surface area contributed by atoms with Gasteiger partial charge in [0.25, 0.3) is 11.5 Å². The summed E-state index contributed by atoms with van der Waals surface area (Å²) in [7, 11) is 0. The summed E-state index contributed by atoms with van der Waals surface area (Å²) in [5, 5.41) is 12.8. The van der Waals surface area contributed by atoms with E-state index >= 15 is 0 Å². The van der Waals surface area contributed by atoms with E-state index in [-0.39, 0.29) is 30.2 Å². The molecule has 1 saturated heterocycles. The van der Waals surface area contributed by atoms with Crippen LogP contribution in [0.2, 0.25) is 0 Å². The van der Waals surface area contributed by atoms with Gasteiger partial charge in [0, 0.05) is 31.3 Å². The highest BCUT2D eigenvalue weighted by Gasteiger charge is 2.35. The molecule has 1 amide bonds. The summed E-state index contributed by atoms with van der Waals surface area (Å²) in [6.07, 6.45) is 1.31. The molecule has 21 heavy (non-hydrogen) atoms. The molecule has 3 heterocycles. The number of aromatic carboxylic acids is 1. The van der Waals surface area contributed by atoms with E-state index in [0.29, 0.717) is 0 Å². The third-order valence-electron chi connectivity index (χ3n) is 3.42. The number of hydrogen-bond acceptors (Lipinski definition) is 4. The third-order valence-corrected chi connectivity index (χ3v) is 3.42. The number of amides is 1. The van der Waals surface area contributed by atoms with Crippen LogP contribution in [0.15, 0.2) is 17.1 Å². The molecular weight excluding hydrogens is 283 g/mol. The number of carboxylic acid groups (broad SMARTS) is 1. The monoisotopic (exact) mass is 294 g/mol. The predicted octanol–water partition coefficient (Wildman–Crippen LogP) is -0.238. The standard InChI is InChI=1S/C12H11FN4O4/c13-3-6-4-16(5-6)11(19)8-9(12(20)21)15-17-7(18)1-2-14-10(8)17/h1-2,6,14H,3-5H2,(H,20,21). The lowest BCUT2D eigenvalue weighted by atomic mass is 10.0. The number of likely N-dealkylation sites (tertiary alicyclic amines) is 1. The van der Waals surface area contributed by atoms with Gasteiger partial charge in [0.05, 0.1) is 6.67 Å². The van der Waals surface area contributed by atoms with Gasteiger partial charge in [-0.15, -0.1) is 0 Å². The van der Waals surface area contributed by atoms with Gasteiger partial charge in [0.2, 0.25) is 0 Å². The van der Waals surface area contributed by atoms with E-state index in [1.807, 2.05) is 0 Å². The number of carboxylic acids is 1. The highest BCUT2D eigenvalue weighted by Crippen LogP contribution is 2.22. The number of H-pyrrole nitrogens is 1. The number of fused-ring (bicyclic) bond motifs is 1. The normalized spacial score (nSPS) is 15.2. The summed E-state index contributed by atoms with van der Waals surface area (Å²) in [5.74, 6) is -2.20. The molecule has 0 spiro atoms. The van der Waals surface area contributed by atoms with Crippen molar-refractivity contribution >= 4 is 17.5 Å². The van der Waals surface area contributed by atoms with Crippen LogP contribution in [0.1, 0.15) is 20.8 Å². The summed E-state index contributed by atoms with van der Waals surface area (Å²) in [5.41, 5.74) is -1.20. The van der Waals surface area contributed by atoms with Gasteiger partial charge in [-0.05, 0) is 0 Å². The largest absolute Gasteiger partial charge is 0.476 e. The van der Waals surface area contributed by atoms with Crippen molar-refractivity contribution in [2.24, 2.45) is 5.92 Å². The molecule has 110 valence electrons. The lowest BCUT2D eigenvalue weighted by molar-refractivity contribution is 0.0447. The fraction of sp³-hybridized carbons (Fsp3) is 0.333. The van der Waals surface area contributed by atoms with Crippen molar-refractivity contribution in [2.45, 2.75) is 0 Å². The lowest BCUT2D eigenvalue weighted by Gasteiger charge is -2.37. The van der Waals surface area contributed by atoms with Gasteiger partial charge in [0.15, 0.2) is 11.3 Å². The summed E-state index contributed by atoms with van der Waals surface area (Å²) in [4.78, 5) is 39.2.